The topological polar surface area (TPSA) is 57.1 Å². The van der Waals surface area contributed by atoms with Gasteiger partial charge in [0.15, 0.2) is 0 Å². The van der Waals surface area contributed by atoms with Crippen molar-refractivity contribution in [1.82, 2.24) is 0 Å². The highest BCUT2D eigenvalue weighted by Gasteiger charge is 2.36. The van der Waals surface area contributed by atoms with Gasteiger partial charge in [-0.15, -0.1) is 0 Å². The Kier molecular flexibility index (Phi) is 10.7. The average Bonchev–Trinajstić information content (AvgIpc) is 2.20. The summed E-state index contributed by atoms with van der Waals surface area (Å²) in [5.74, 6) is 0. The molecule has 0 fully saturated rings. The molecule has 0 amide bonds. The van der Waals surface area contributed by atoms with Gasteiger partial charge in [0, 0.05) is 27.4 Å². The Bertz CT molecular complexity index is 172. The van der Waals surface area contributed by atoms with E-state index in [2.05, 4.69) is 4.99 Å². The summed E-state index contributed by atoms with van der Waals surface area (Å²) in [6.07, 6.45) is 2.18. The van der Waals surface area contributed by atoms with E-state index in [4.69, 9.17) is 13.3 Å². The molecule has 0 atom stereocenters. The fraction of sp³-hybridized carbons (Fsp3) is 0.857. The normalized spacial score (nSPS) is 10.2. The van der Waals surface area contributed by atoms with Crippen molar-refractivity contribution in [2.24, 2.45) is 4.99 Å². The fourth-order valence-corrected chi connectivity index (χ4v) is 2.68. The van der Waals surface area contributed by atoms with E-state index in [1.165, 1.54) is 6.08 Å². The predicted octanol–water partition coefficient (Wildman–Crippen LogP) is -0.861. The average molecular weight is 237 g/mol. The molecule has 0 aromatic heterocycles. The van der Waals surface area contributed by atoms with E-state index in [0.29, 0.717) is 19.0 Å². The van der Waals surface area contributed by atoms with Crippen molar-refractivity contribution in [3.8, 4) is 0 Å². The van der Waals surface area contributed by atoms with Crippen LogP contribution in [0.5, 0.6) is 0 Å². The van der Waals surface area contributed by atoms with E-state index in [1.54, 1.807) is 21.3 Å². The first-order valence-electron chi connectivity index (χ1n) is 3.93. The Morgan fingerprint density at radius 2 is 1.71 bits per heavy atom. The van der Waals surface area contributed by atoms with Crippen molar-refractivity contribution in [3.63, 3.8) is 0 Å². The minimum Gasteiger partial charge on any atom is -0.377 e. The Morgan fingerprint density at radius 3 is 2.07 bits per heavy atom. The molecule has 0 aromatic rings. The van der Waals surface area contributed by atoms with Crippen LogP contribution in [0, 0.1) is 0 Å². The van der Waals surface area contributed by atoms with Crippen molar-refractivity contribution in [1.29, 1.82) is 0 Å². The van der Waals surface area contributed by atoms with Gasteiger partial charge in [-0.25, -0.2) is 9.79 Å². The second kappa shape index (κ2) is 9.26. The molecule has 0 radical (unpaired) electrons. The lowest BCUT2D eigenvalue weighted by Crippen LogP contribution is -2.42. The zero-order chi connectivity index (χ0) is 10.2. The maximum atomic E-state index is 9.76. The highest BCUT2D eigenvalue weighted by Crippen LogP contribution is 2.14. The Labute approximate surface area is 89.9 Å². The van der Waals surface area contributed by atoms with Gasteiger partial charge in [-0.3, -0.25) is 0 Å². The van der Waals surface area contributed by atoms with Crippen LogP contribution in [0.3, 0.4) is 0 Å². The number of hydrogen-bond acceptors (Lipinski definition) is 5. The SMILES string of the molecule is CO[Si](CCCN=C=O)(OC)OC.[SiH4]. The molecule has 0 rings (SSSR count). The second-order valence-corrected chi connectivity index (χ2v) is 5.46. The molecule has 0 spiro atoms. The largest absolute Gasteiger partial charge is 0.500 e. The molecule has 0 N–H and O–H groups in total. The molecule has 0 saturated heterocycles. The maximum absolute atomic E-state index is 9.76. The van der Waals surface area contributed by atoms with Gasteiger partial charge in [-0.05, 0) is 17.4 Å². The van der Waals surface area contributed by atoms with E-state index < -0.39 is 8.80 Å². The summed E-state index contributed by atoms with van der Waals surface area (Å²) in [4.78, 5) is 13.2. The predicted molar refractivity (Wildman–Crippen MR) is 60.5 cm³/mol. The van der Waals surface area contributed by atoms with Crippen molar-refractivity contribution < 1.29 is 18.1 Å². The van der Waals surface area contributed by atoms with E-state index in [1.807, 2.05) is 0 Å². The molecule has 0 aromatic carbocycles. The minimum atomic E-state index is -2.46. The third kappa shape index (κ3) is 5.43. The van der Waals surface area contributed by atoms with Gasteiger partial charge >= 0.3 is 8.80 Å². The van der Waals surface area contributed by atoms with E-state index in [9.17, 15) is 4.79 Å². The number of rotatable bonds is 7. The van der Waals surface area contributed by atoms with E-state index in [0.717, 1.165) is 0 Å². The molecule has 7 heteroatoms. The third-order valence-corrected chi connectivity index (χ3v) is 4.58. The van der Waals surface area contributed by atoms with Gasteiger partial charge in [0.05, 0.1) is 6.54 Å². The van der Waals surface area contributed by atoms with Crippen molar-refractivity contribution >= 4 is 25.8 Å². The molecular weight excluding hydrogens is 218 g/mol. The van der Waals surface area contributed by atoms with Crippen LogP contribution in [-0.4, -0.2) is 53.7 Å². The molecule has 0 saturated carbocycles. The quantitative estimate of drug-likeness (QED) is 0.250. The van der Waals surface area contributed by atoms with Crippen molar-refractivity contribution in [2.45, 2.75) is 12.5 Å². The summed E-state index contributed by atoms with van der Waals surface area (Å²) >= 11 is 0. The smallest absolute Gasteiger partial charge is 0.377 e. The number of aliphatic imine (C=N–C) groups is 1. The lowest BCUT2D eigenvalue weighted by atomic mass is 10.5. The molecule has 0 aliphatic rings. The summed E-state index contributed by atoms with van der Waals surface area (Å²) < 4.78 is 15.5. The van der Waals surface area contributed by atoms with Gasteiger partial charge in [0.2, 0.25) is 6.08 Å². The zero-order valence-electron chi connectivity index (χ0n) is 8.20. The molecule has 0 aliphatic carbocycles. The minimum absolute atomic E-state index is 0. The van der Waals surface area contributed by atoms with E-state index >= 15 is 0 Å². The van der Waals surface area contributed by atoms with Gasteiger partial charge in [-0.2, -0.15) is 0 Å². The van der Waals surface area contributed by atoms with Gasteiger partial charge in [-0.1, -0.05) is 0 Å². The van der Waals surface area contributed by atoms with Crippen LogP contribution in [-0.2, 0) is 18.1 Å². The third-order valence-electron chi connectivity index (χ3n) is 1.75. The van der Waals surface area contributed by atoms with Crippen molar-refractivity contribution in [3.05, 3.63) is 0 Å². The van der Waals surface area contributed by atoms with Crippen LogP contribution in [0.4, 0.5) is 0 Å². The van der Waals surface area contributed by atoms with Gasteiger partial charge in [0.25, 0.3) is 0 Å². The van der Waals surface area contributed by atoms with Crippen LogP contribution in [0.2, 0.25) is 6.04 Å². The first-order valence-corrected chi connectivity index (χ1v) is 5.87. The van der Waals surface area contributed by atoms with Crippen LogP contribution in [0.25, 0.3) is 0 Å². The summed E-state index contributed by atoms with van der Waals surface area (Å²) in [6.45, 7) is 0.439. The summed E-state index contributed by atoms with van der Waals surface area (Å²) in [6, 6.07) is 0.654. The highest BCUT2D eigenvalue weighted by atomic mass is 28.4. The Morgan fingerprint density at radius 1 is 1.21 bits per heavy atom. The van der Waals surface area contributed by atoms with Crippen LogP contribution in [0.1, 0.15) is 6.42 Å². The van der Waals surface area contributed by atoms with Crippen LogP contribution >= 0.6 is 0 Å². The Balaban J connectivity index is 0. The first-order chi connectivity index (χ1) is 6.24. The summed E-state index contributed by atoms with van der Waals surface area (Å²) in [5, 5.41) is 0. The molecule has 14 heavy (non-hydrogen) atoms. The summed E-state index contributed by atoms with van der Waals surface area (Å²) in [5.41, 5.74) is 0. The van der Waals surface area contributed by atoms with E-state index in [-0.39, 0.29) is 11.0 Å². The lowest BCUT2D eigenvalue weighted by molar-refractivity contribution is 0.123. The fourth-order valence-electron chi connectivity index (χ4n) is 0.976. The highest BCUT2D eigenvalue weighted by molar-refractivity contribution is 6.60. The van der Waals surface area contributed by atoms with Gasteiger partial charge in [0.1, 0.15) is 0 Å². The standard InChI is InChI=1S/C7H15NO4Si.H4Si/c1-10-13(11-2,12-3)6-4-5-8-7-9;/h4-6H2,1-3H3;1H4. The second-order valence-electron chi connectivity index (χ2n) is 2.37. The number of carbonyl (C=O) groups excluding carboxylic acids is 1. The molecule has 5 nitrogen and oxygen atoms in total. The molecule has 0 heterocycles. The Hall–Kier alpha value is -0.306. The van der Waals surface area contributed by atoms with Crippen molar-refractivity contribution in [2.75, 3.05) is 27.9 Å². The number of isocyanates is 1. The monoisotopic (exact) mass is 237 g/mol. The van der Waals surface area contributed by atoms with Gasteiger partial charge < -0.3 is 13.3 Å². The number of hydrogen-bond donors (Lipinski definition) is 0. The molecule has 0 aliphatic heterocycles. The van der Waals surface area contributed by atoms with Crippen LogP contribution in [0.15, 0.2) is 4.99 Å². The first kappa shape index (κ1) is 16.1. The maximum Gasteiger partial charge on any atom is 0.500 e. The molecule has 0 unspecified atom stereocenters. The van der Waals surface area contributed by atoms with Crippen LogP contribution < -0.4 is 0 Å². The molecule has 84 valence electrons. The number of nitrogens with zero attached hydrogens (tertiary/aromatic N) is 1. The molecular formula is C7H19NO4Si2. The lowest BCUT2D eigenvalue weighted by Gasteiger charge is -2.23. The molecule has 0 bridgehead atoms. The summed E-state index contributed by atoms with van der Waals surface area (Å²) in [7, 11) is 2.22. The zero-order valence-corrected chi connectivity index (χ0v) is 9.20.